The van der Waals surface area contributed by atoms with E-state index < -0.39 is 0 Å². The highest BCUT2D eigenvalue weighted by Crippen LogP contribution is 2.33. The summed E-state index contributed by atoms with van der Waals surface area (Å²) in [5.41, 5.74) is 3.70. The van der Waals surface area contributed by atoms with Crippen molar-refractivity contribution in [2.75, 3.05) is 26.2 Å². The summed E-state index contributed by atoms with van der Waals surface area (Å²) in [5.74, 6) is 1.02. The van der Waals surface area contributed by atoms with E-state index in [0.29, 0.717) is 0 Å². The summed E-state index contributed by atoms with van der Waals surface area (Å²) in [6, 6.07) is 10.6. The third-order valence-electron chi connectivity index (χ3n) is 5.76. The predicted molar refractivity (Wildman–Crippen MR) is 108 cm³/mol. The molecule has 1 saturated heterocycles. The van der Waals surface area contributed by atoms with Gasteiger partial charge in [0.1, 0.15) is 0 Å². The van der Waals surface area contributed by atoms with E-state index in [1.54, 1.807) is 11.3 Å². The molecule has 138 valence electrons. The summed E-state index contributed by atoms with van der Waals surface area (Å²) in [4.78, 5) is 19.2. The van der Waals surface area contributed by atoms with Gasteiger partial charge in [0.15, 0.2) is 0 Å². The Bertz CT molecular complexity index is 755. The lowest BCUT2D eigenvalue weighted by molar-refractivity contribution is 0.0760. The molecule has 1 unspecified atom stereocenters. The van der Waals surface area contributed by atoms with Crippen molar-refractivity contribution in [2.45, 2.75) is 39.2 Å². The van der Waals surface area contributed by atoms with Gasteiger partial charge < -0.3 is 4.90 Å². The fraction of sp³-hybridized carbons (Fsp3) is 0.500. The Balaban J connectivity index is 1.40. The molecular formula is C22H28N2OS. The predicted octanol–water partition coefficient (Wildman–Crippen LogP) is 4.22. The summed E-state index contributed by atoms with van der Waals surface area (Å²) in [6.45, 7) is 7.05. The molecule has 1 aliphatic heterocycles. The van der Waals surface area contributed by atoms with E-state index in [9.17, 15) is 4.79 Å². The Labute approximate surface area is 160 Å². The first-order chi connectivity index (χ1) is 12.7. The third-order valence-corrected chi connectivity index (χ3v) is 6.81. The van der Waals surface area contributed by atoms with E-state index in [4.69, 9.17) is 0 Å². The van der Waals surface area contributed by atoms with Crippen molar-refractivity contribution in [3.8, 4) is 0 Å². The Morgan fingerprint density at radius 1 is 1.15 bits per heavy atom. The molecule has 0 spiro atoms. The van der Waals surface area contributed by atoms with E-state index in [2.05, 4.69) is 52.4 Å². The molecular weight excluding hydrogens is 340 g/mol. The summed E-state index contributed by atoms with van der Waals surface area (Å²) in [6.07, 6.45) is 4.50. The topological polar surface area (TPSA) is 23.6 Å². The van der Waals surface area contributed by atoms with Crippen LogP contribution < -0.4 is 0 Å². The smallest absolute Gasteiger partial charge is 0.255 e. The summed E-state index contributed by atoms with van der Waals surface area (Å²) in [5, 5.41) is 2.12. The van der Waals surface area contributed by atoms with Gasteiger partial charge in [0.25, 0.3) is 5.91 Å². The standard InChI is InChI=1S/C22H28N2OS/c1-17-8-9-19-20(16-26-21(19)14-17)22(25)24-11-5-10-23(12-13-24)15-18-6-3-2-4-7-18/h2-4,6-7,16-17H,5,8-15H2,1H3. The fourth-order valence-corrected chi connectivity index (χ4v) is 5.44. The number of carbonyl (C=O) groups excluding carboxylic acids is 1. The largest absolute Gasteiger partial charge is 0.337 e. The number of fused-ring (bicyclic) bond motifs is 1. The molecule has 0 radical (unpaired) electrons. The molecule has 1 aromatic heterocycles. The number of hydrogen-bond acceptors (Lipinski definition) is 3. The number of hydrogen-bond donors (Lipinski definition) is 0. The average molecular weight is 369 g/mol. The minimum Gasteiger partial charge on any atom is -0.337 e. The van der Waals surface area contributed by atoms with Crippen LogP contribution in [-0.4, -0.2) is 41.9 Å². The SMILES string of the molecule is CC1CCc2c(C(=O)N3CCCN(Cc4ccccc4)CC3)csc2C1. The molecule has 0 saturated carbocycles. The highest BCUT2D eigenvalue weighted by atomic mass is 32.1. The van der Waals surface area contributed by atoms with Gasteiger partial charge in [-0.3, -0.25) is 9.69 Å². The third kappa shape index (κ3) is 3.86. The Morgan fingerprint density at radius 2 is 2.00 bits per heavy atom. The van der Waals surface area contributed by atoms with Gasteiger partial charge in [0, 0.05) is 43.0 Å². The van der Waals surface area contributed by atoms with Crippen molar-refractivity contribution in [1.29, 1.82) is 0 Å². The normalized spacial score (nSPS) is 21.3. The van der Waals surface area contributed by atoms with Crippen molar-refractivity contribution < 1.29 is 4.79 Å². The molecule has 1 aromatic carbocycles. The van der Waals surface area contributed by atoms with E-state index in [1.807, 2.05) is 0 Å². The summed E-state index contributed by atoms with van der Waals surface area (Å²) >= 11 is 1.80. The number of nitrogens with zero attached hydrogens (tertiary/aromatic N) is 2. The highest BCUT2D eigenvalue weighted by molar-refractivity contribution is 7.10. The molecule has 0 N–H and O–H groups in total. The number of benzene rings is 1. The maximum atomic E-state index is 13.1. The van der Waals surface area contributed by atoms with Crippen molar-refractivity contribution >= 4 is 17.2 Å². The van der Waals surface area contributed by atoms with Gasteiger partial charge in [0.2, 0.25) is 0 Å². The van der Waals surface area contributed by atoms with Gasteiger partial charge in [-0.1, -0.05) is 37.3 Å². The van der Waals surface area contributed by atoms with Gasteiger partial charge in [-0.2, -0.15) is 0 Å². The zero-order chi connectivity index (χ0) is 17.9. The molecule has 1 fully saturated rings. The number of rotatable bonds is 3. The molecule has 3 nitrogen and oxygen atoms in total. The number of carbonyl (C=O) groups is 1. The molecule has 2 heterocycles. The first-order valence-electron chi connectivity index (χ1n) is 9.85. The van der Waals surface area contributed by atoms with Gasteiger partial charge in [-0.15, -0.1) is 11.3 Å². The lowest BCUT2D eigenvalue weighted by Crippen LogP contribution is -2.35. The second-order valence-corrected chi connectivity index (χ2v) is 8.77. The van der Waals surface area contributed by atoms with Gasteiger partial charge in [-0.25, -0.2) is 0 Å². The molecule has 4 heteroatoms. The molecule has 2 aliphatic rings. The Hall–Kier alpha value is -1.65. The van der Waals surface area contributed by atoms with Crippen LogP contribution in [0.5, 0.6) is 0 Å². The Morgan fingerprint density at radius 3 is 2.85 bits per heavy atom. The second kappa shape index (κ2) is 7.93. The van der Waals surface area contributed by atoms with Crippen LogP contribution in [0.4, 0.5) is 0 Å². The monoisotopic (exact) mass is 368 g/mol. The van der Waals surface area contributed by atoms with E-state index >= 15 is 0 Å². The zero-order valence-corrected chi connectivity index (χ0v) is 16.4. The van der Waals surface area contributed by atoms with Crippen LogP contribution >= 0.6 is 11.3 Å². The van der Waals surface area contributed by atoms with Gasteiger partial charge in [0.05, 0.1) is 5.56 Å². The maximum Gasteiger partial charge on any atom is 0.255 e. The van der Waals surface area contributed by atoms with Crippen LogP contribution in [0.15, 0.2) is 35.7 Å². The van der Waals surface area contributed by atoms with Crippen LogP contribution in [0.3, 0.4) is 0 Å². The van der Waals surface area contributed by atoms with Crippen molar-refractivity contribution in [2.24, 2.45) is 5.92 Å². The van der Waals surface area contributed by atoms with Crippen LogP contribution in [0.1, 0.15) is 46.1 Å². The molecule has 0 bridgehead atoms. The molecule has 1 atom stereocenters. The maximum absolute atomic E-state index is 13.1. The van der Waals surface area contributed by atoms with Crippen molar-refractivity contribution in [3.05, 3.63) is 57.3 Å². The molecule has 26 heavy (non-hydrogen) atoms. The molecule has 2 aromatic rings. The first-order valence-corrected chi connectivity index (χ1v) is 10.7. The summed E-state index contributed by atoms with van der Waals surface area (Å²) in [7, 11) is 0. The quantitative estimate of drug-likeness (QED) is 0.810. The Kier molecular flexibility index (Phi) is 5.41. The highest BCUT2D eigenvalue weighted by Gasteiger charge is 2.27. The zero-order valence-electron chi connectivity index (χ0n) is 15.6. The van der Waals surface area contributed by atoms with Crippen LogP contribution in [0.2, 0.25) is 0 Å². The van der Waals surface area contributed by atoms with E-state index in [0.717, 1.165) is 63.5 Å². The van der Waals surface area contributed by atoms with Crippen molar-refractivity contribution in [3.63, 3.8) is 0 Å². The number of amides is 1. The second-order valence-electron chi connectivity index (χ2n) is 7.81. The van der Waals surface area contributed by atoms with E-state index in [1.165, 1.54) is 22.4 Å². The number of thiophene rings is 1. The average Bonchev–Trinajstić information content (AvgIpc) is 2.93. The minimum absolute atomic E-state index is 0.263. The fourth-order valence-electron chi connectivity index (χ4n) is 4.20. The van der Waals surface area contributed by atoms with Crippen molar-refractivity contribution in [1.82, 2.24) is 9.80 Å². The molecule has 1 aliphatic carbocycles. The molecule has 4 rings (SSSR count). The van der Waals surface area contributed by atoms with Gasteiger partial charge in [-0.05, 0) is 42.7 Å². The minimum atomic E-state index is 0.263. The van der Waals surface area contributed by atoms with E-state index in [-0.39, 0.29) is 5.91 Å². The van der Waals surface area contributed by atoms with Gasteiger partial charge >= 0.3 is 0 Å². The van der Waals surface area contributed by atoms with Crippen LogP contribution in [0, 0.1) is 5.92 Å². The first kappa shape index (κ1) is 17.7. The summed E-state index contributed by atoms with van der Waals surface area (Å²) < 4.78 is 0. The lowest BCUT2D eigenvalue weighted by Gasteiger charge is -2.24. The van der Waals surface area contributed by atoms with Crippen LogP contribution in [-0.2, 0) is 19.4 Å². The van der Waals surface area contributed by atoms with Crippen LogP contribution in [0.25, 0.3) is 0 Å². The lowest BCUT2D eigenvalue weighted by atomic mass is 9.88. The molecule has 1 amide bonds.